The Morgan fingerprint density at radius 3 is 0.500 bits per heavy atom. The highest BCUT2D eigenvalue weighted by Gasteiger charge is 2.45. The van der Waals surface area contributed by atoms with Crippen molar-refractivity contribution in [2.45, 2.75) is 15.2 Å². The van der Waals surface area contributed by atoms with Crippen LogP contribution in [0.25, 0.3) is 0 Å². The maximum Gasteiger partial charge on any atom is 0.253 e. The number of rotatable bonds is 0. The molecule has 0 heterocycles. The Morgan fingerprint density at radius 1 is 0.400 bits per heavy atom. The molecule has 0 saturated carbocycles. The molecule has 14 heteroatoms. The number of carbonyl (C=O) groups is 2. The third-order valence-corrected chi connectivity index (χ3v) is 3.09. The monoisotopic (exact) mass is 524 g/mol. The van der Waals surface area contributed by atoms with E-state index in [2.05, 4.69) is 0 Å². The molecule has 0 aliphatic rings. The van der Waals surface area contributed by atoms with Gasteiger partial charge in [-0.1, -0.05) is 139 Å². The van der Waals surface area contributed by atoms with Gasteiger partial charge in [0.1, 0.15) is 0 Å². The largest absolute Gasteiger partial charge is 0.290 e. The fourth-order valence-electron chi connectivity index (χ4n) is 0.321. The average molecular weight is 530 g/mol. The van der Waals surface area contributed by atoms with Gasteiger partial charge in [0.2, 0.25) is 11.6 Å². The van der Waals surface area contributed by atoms with E-state index < -0.39 is 26.7 Å². The molecular weight excluding hydrogens is 530 g/mol. The third kappa shape index (κ3) is 11.4. The molecule has 0 saturated heterocycles. The minimum absolute atomic E-state index is 1.09. The van der Waals surface area contributed by atoms with E-state index in [0.717, 1.165) is 0 Å². The van der Waals surface area contributed by atoms with E-state index in [1.54, 1.807) is 0 Å². The molecule has 2 nitrogen and oxygen atoms in total. The maximum absolute atomic E-state index is 10.7. The molecule has 0 rings (SSSR count). The van der Waals surface area contributed by atoms with Crippen LogP contribution in [0.15, 0.2) is 0 Å². The molecular formula is C6Cl12O2. The van der Waals surface area contributed by atoms with Crippen LogP contribution in [-0.4, -0.2) is 26.7 Å². The Balaban J connectivity index is 0. The molecule has 0 unspecified atom stereocenters. The van der Waals surface area contributed by atoms with E-state index in [4.69, 9.17) is 139 Å². The van der Waals surface area contributed by atoms with E-state index in [1.165, 1.54) is 0 Å². The second-order valence-corrected chi connectivity index (χ2v) is 11.8. The zero-order valence-corrected chi connectivity index (χ0v) is 17.4. The van der Waals surface area contributed by atoms with Crippen molar-refractivity contribution in [3.05, 3.63) is 0 Å². The van der Waals surface area contributed by atoms with Crippen molar-refractivity contribution in [2.24, 2.45) is 0 Å². The summed E-state index contributed by atoms with van der Waals surface area (Å²) in [5.74, 6) is -2.18. The average Bonchev–Trinajstić information content (AvgIpc) is 2.10. The highest BCUT2D eigenvalue weighted by molar-refractivity contribution is 6.87. The van der Waals surface area contributed by atoms with Crippen molar-refractivity contribution in [1.29, 1.82) is 0 Å². The lowest BCUT2D eigenvalue weighted by Gasteiger charge is -2.14. The SMILES string of the molecule is O=C(C(Cl)(Cl)Cl)C(Cl)(Cl)Cl.O=C(C(Cl)(Cl)Cl)C(Cl)(Cl)Cl. The summed E-state index contributed by atoms with van der Waals surface area (Å²) in [5, 5.41) is 0. The van der Waals surface area contributed by atoms with Crippen molar-refractivity contribution >= 4 is 151 Å². The molecule has 0 aromatic heterocycles. The summed E-state index contributed by atoms with van der Waals surface area (Å²) in [4.78, 5) is 21.4. The van der Waals surface area contributed by atoms with Crippen molar-refractivity contribution in [3.8, 4) is 0 Å². The second-order valence-electron chi connectivity index (χ2n) is 2.65. The van der Waals surface area contributed by atoms with Crippen LogP contribution in [0.4, 0.5) is 0 Å². The molecule has 0 aromatic rings. The minimum Gasteiger partial charge on any atom is -0.290 e. The van der Waals surface area contributed by atoms with Gasteiger partial charge in [-0.25, -0.2) is 0 Å². The number of ketones is 2. The molecule has 0 fully saturated rings. The second kappa shape index (κ2) is 8.78. The summed E-state index contributed by atoms with van der Waals surface area (Å²) in [6.45, 7) is 0. The summed E-state index contributed by atoms with van der Waals surface area (Å²) in [6.07, 6.45) is 0. The first kappa shape index (κ1) is 25.1. The van der Waals surface area contributed by atoms with Gasteiger partial charge in [0, 0.05) is 0 Å². The van der Waals surface area contributed by atoms with Gasteiger partial charge in [-0.05, 0) is 0 Å². The topological polar surface area (TPSA) is 34.1 Å². The lowest BCUT2D eigenvalue weighted by Crippen LogP contribution is -2.31. The Bertz CT molecular complexity index is 284. The molecule has 0 bridgehead atoms. The number of halogens is 12. The lowest BCUT2D eigenvalue weighted by molar-refractivity contribution is -0.118. The van der Waals surface area contributed by atoms with Crippen LogP contribution < -0.4 is 0 Å². The number of hydrogen-bond donors (Lipinski definition) is 0. The molecule has 0 N–H and O–H groups in total. The Morgan fingerprint density at radius 2 is 0.500 bits per heavy atom. The molecule has 0 aromatic carbocycles. The van der Waals surface area contributed by atoms with E-state index >= 15 is 0 Å². The van der Waals surface area contributed by atoms with Crippen LogP contribution in [0.2, 0.25) is 0 Å². The number of alkyl halides is 12. The molecule has 0 aliphatic heterocycles. The molecule has 0 aliphatic carbocycles. The summed E-state index contributed by atoms with van der Waals surface area (Å²) >= 11 is 61.2. The first-order valence-corrected chi connectivity index (χ1v) is 8.21. The van der Waals surface area contributed by atoms with Crippen LogP contribution in [0, 0.1) is 0 Å². The van der Waals surface area contributed by atoms with Gasteiger partial charge < -0.3 is 0 Å². The molecule has 0 atom stereocenters. The summed E-state index contributed by atoms with van der Waals surface area (Å²) < 4.78 is -8.70. The van der Waals surface area contributed by atoms with Crippen molar-refractivity contribution in [2.75, 3.05) is 0 Å². The zero-order valence-electron chi connectivity index (χ0n) is 8.35. The van der Waals surface area contributed by atoms with E-state index in [-0.39, 0.29) is 0 Å². The first-order chi connectivity index (χ1) is 8.31. The van der Waals surface area contributed by atoms with Crippen molar-refractivity contribution in [1.82, 2.24) is 0 Å². The van der Waals surface area contributed by atoms with Gasteiger partial charge in [0.15, 0.2) is 0 Å². The predicted octanol–water partition coefficient (Wildman–Crippen LogP) is 6.59. The van der Waals surface area contributed by atoms with Gasteiger partial charge in [-0.2, -0.15) is 0 Å². The van der Waals surface area contributed by atoms with Gasteiger partial charge >= 0.3 is 0 Å². The van der Waals surface area contributed by atoms with Gasteiger partial charge in [-0.15, -0.1) is 0 Å². The standard InChI is InChI=1S/2C3Cl6O/c2*4-2(5,6)1(10)3(7,8)9. The summed E-state index contributed by atoms with van der Waals surface area (Å²) in [5.41, 5.74) is 0. The van der Waals surface area contributed by atoms with Crippen molar-refractivity contribution < 1.29 is 9.59 Å². The molecule has 120 valence electrons. The van der Waals surface area contributed by atoms with E-state index in [9.17, 15) is 9.59 Å². The Hall–Kier alpha value is 2.82. The predicted molar refractivity (Wildman–Crippen MR) is 91.2 cm³/mol. The number of hydrogen-bond acceptors (Lipinski definition) is 2. The fourth-order valence-corrected chi connectivity index (χ4v) is 2.89. The first-order valence-electron chi connectivity index (χ1n) is 3.68. The van der Waals surface area contributed by atoms with E-state index in [1.807, 2.05) is 0 Å². The normalized spacial score (nSPS) is 13.4. The molecule has 20 heavy (non-hydrogen) atoms. The van der Waals surface area contributed by atoms with Crippen LogP contribution in [0.5, 0.6) is 0 Å². The number of carbonyl (C=O) groups excluding carboxylic acids is 2. The Kier molecular flexibility index (Phi) is 11.0. The summed E-state index contributed by atoms with van der Waals surface area (Å²) in [7, 11) is 0. The third-order valence-electron chi connectivity index (χ3n) is 1.03. The molecule has 0 amide bonds. The van der Waals surface area contributed by atoms with Crippen LogP contribution >= 0.6 is 139 Å². The van der Waals surface area contributed by atoms with Crippen LogP contribution in [0.3, 0.4) is 0 Å². The van der Waals surface area contributed by atoms with Crippen molar-refractivity contribution in [3.63, 3.8) is 0 Å². The fraction of sp³-hybridized carbons (Fsp3) is 0.667. The molecule has 0 radical (unpaired) electrons. The number of Topliss-reactive ketones (excluding diaryl/α,β-unsaturated/α-hetero) is 2. The summed E-state index contributed by atoms with van der Waals surface area (Å²) in [6, 6.07) is 0. The van der Waals surface area contributed by atoms with Gasteiger partial charge in [0.25, 0.3) is 15.2 Å². The van der Waals surface area contributed by atoms with Gasteiger partial charge in [-0.3, -0.25) is 9.59 Å². The highest BCUT2D eigenvalue weighted by Crippen LogP contribution is 2.40. The minimum atomic E-state index is -2.18. The highest BCUT2D eigenvalue weighted by atomic mass is 35.6. The van der Waals surface area contributed by atoms with Crippen LogP contribution in [0.1, 0.15) is 0 Å². The Labute approximate surface area is 174 Å². The molecule has 0 spiro atoms. The van der Waals surface area contributed by atoms with Gasteiger partial charge in [0.05, 0.1) is 0 Å². The van der Waals surface area contributed by atoms with Crippen LogP contribution in [-0.2, 0) is 9.59 Å². The maximum atomic E-state index is 10.7. The lowest BCUT2D eigenvalue weighted by atomic mass is 10.5. The smallest absolute Gasteiger partial charge is 0.253 e. The quantitative estimate of drug-likeness (QED) is 0.332. The van der Waals surface area contributed by atoms with E-state index in [0.29, 0.717) is 0 Å². The zero-order chi connectivity index (χ0) is 17.2.